The normalized spacial score (nSPS) is 10.8. The van der Waals surface area contributed by atoms with Gasteiger partial charge >= 0.3 is 0 Å². The van der Waals surface area contributed by atoms with E-state index in [0.29, 0.717) is 21.5 Å². The molecule has 0 saturated carbocycles. The quantitative estimate of drug-likeness (QED) is 0.454. The number of anilines is 3. The summed E-state index contributed by atoms with van der Waals surface area (Å²) in [6.07, 6.45) is 6.46. The molecule has 3 N–H and O–H groups in total. The number of hydrogen-bond donors (Lipinski definition) is 3. The van der Waals surface area contributed by atoms with Gasteiger partial charge in [-0.2, -0.15) is 5.10 Å². The van der Waals surface area contributed by atoms with Crippen LogP contribution in [0.15, 0.2) is 41.4 Å². The van der Waals surface area contributed by atoms with Gasteiger partial charge in [-0.15, -0.1) is 0 Å². The van der Waals surface area contributed by atoms with E-state index >= 15 is 0 Å². The summed E-state index contributed by atoms with van der Waals surface area (Å²) in [4.78, 5) is 25.7. The monoisotopic (exact) mass is 429 g/mol. The number of halogens is 1. The number of amides is 1. The van der Waals surface area contributed by atoms with E-state index in [4.69, 9.17) is 0 Å². The van der Waals surface area contributed by atoms with Crippen LogP contribution < -0.4 is 10.6 Å². The Bertz CT molecular complexity index is 1110. The molecule has 10 heteroatoms. The predicted octanol–water partition coefficient (Wildman–Crippen LogP) is 3.88. The molecule has 0 aliphatic heterocycles. The number of aromatic nitrogens is 5. The molecule has 0 unspecified atom stereocenters. The number of nitrogens with zero attached hydrogens (tertiary/aromatic N) is 4. The minimum Gasteiger partial charge on any atom is -0.320 e. The average molecular weight is 430 g/mol. The summed E-state index contributed by atoms with van der Waals surface area (Å²) in [6.45, 7) is 1.85. The number of nitrogens with one attached hydrogen (secondary N) is 3. The lowest BCUT2D eigenvalue weighted by Crippen LogP contribution is -2.10. The van der Waals surface area contributed by atoms with E-state index in [1.807, 2.05) is 19.1 Å². The van der Waals surface area contributed by atoms with E-state index in [9.17, 15) is 4.79 Å². The maximum Gasteiger partial charge on any atom is 0.267 e. The van der Waals surface area contributed by atoms with E-state index in [2.05, 4.69) is 51.7 Å². The van der Waals surface area contributed by atoms with E-state index < -0.39 is 0 Å². The van der Waals surface area contributed by atoms with Crippen LogP contribution in [0.3, 0.4) is 0 Å². The standard InChI is InChI=1S/C16H12BrN7OS/c1-8-4-18-7-13(21-8)22-16-19-6-12(26-16)15(25)23-14-9-5-20-24-11(9)3-2-10(14)17/h2-7H,1H3,(H,20,24)(H,23,25)(H,19,21,22). The first-order chi connectivity index (χ1) is 12.6. The molecule has 26 heavy (non-hydrogen) atoms. The van der Waals surface area contributed by atoms with Crippen molar-refractivity contribution >= 4 is 60.7 Å². The Hall–Kier alpha value is -2.85. The second-order valence-corrected chi connectivity index (χ2v) is 7.29. The first-order valence-corrected chi connectivity index (χ1v) is 9.15. The van der Waals surface area contributed by atoms with E-state index in [-0.39, 0.29) is 5.91 Å². The Labute approximate surface area is 160 Å². The minimum atomic E-state index is -0.250. The fourth-order valence-electron chi connectivity index (χ4n) is 2.36. The van der Waals surface area contributed by atoms with Crippen molar-refractivity contribution in [3.05, 3.63) is 52.0 Å². The molecule has 3 aromatic heterocycles. The molecular formula is C16H12BrN7OS. The molecule has 130 valence electrons. The SMILES string of the molecule is Cc1cncc(Nc2ncc(C(=O)Nc3c(Br)ccc4[nH]ncc34)s2)n1. The van der Waals surface area contributed by atoms with E-state index in [1.54, 1.807) is 18.6 Å². The van der Waals surface area contributed by atoms with Crippen LogP contribution >= 0.6 is 27.3 Å². The predicted molar refractivity (Wildman–Crippen MR) is 104 cm³/mol. The smallest absolute Gasteiger partial charge is 0.267 e. The molecular weight excluding hydrogens is 418 g/mol. The van der Waals surface area contributed by atoms with E-state index in [0.717, 1.165) is 21.1 Å². The molecule has 0 aliphatic carbocycles. The number of carbonyl (C=O) groups is 1. The molecule has 0 atom stereocenters. The molecule has 8 nitrogen and oxygen atoms in total. The second kappa shape index (κ2) is 6.81. The molecule has 0 spiro atoms. The van der Waals surface area contributed by atoms with Crippen molar-refractivity contribution in [1.29, 1.82) is 0 Å². The molecule has 0 saturated heterocycles. The van der Waals surface area contributed by atoms with Gasteiger partial charge < -0.3 is 10.6 Å². The molecule has 1 aromatic carbocycles. The summed E-state index contributed by atoms with van der Waals surface area (Å²) < 4.78 is 0.776. The molecule has 1 amide bonds. The third kappa shape index (κ3) is 3.28. The number of benzene rings is 1. The van der Waals surface area contributed by atoms with E-state index in [1.165, 1.54) is 17.5 Å². The van der Waals surface area contributed by atoms with Crippen molar-refractivity contribution in [2.45, 2.75) is 6.92 Å². The van der Waals surface area contributed by atoms with Crippen molar-refractivity contribution in [3.8, 4) is 0 Å². The van der Waals surface area contributed by atoms with Crippen LogP contribution in [-0.4, -0.2) is 31.1 Å². The van der Waals surface area contributed by atoms with Crippen molar-refractivity contribution in [2.24, 2.45) is 0 Å². The van der Waals surface area contributed by atoms with Gasteiger partial charge in [-0.3, -0.25) is 14.9 Å². The van der Waals surface area contributed by atoms with Crippen molar-refractivity contribution in [3.63, 3.8) is 0 Å². The number of thiazole rings is 1. The highest BCUT2D eigenvalue weighted by Gasteiger charge is 2.15. The zero-order valence-corrected chi connectivity index (χ0v) is 15.8. The van der Waals surface area contributed by atoms with Gasteiger partial charge in [0.2, 0.25) is 0 Å². The highest BCUT2D eigenvalue weighted by atomic mass is 79.9. The maximum absolute atomic E-state index is 12.6. The lowest BCUT2D eigenvalue weighted by atomic mass is 10.2. The van der Waals surface area contributed by atoms with Crippen LogP contribution in [0, 0.1) is 6.92 Å². The van der Waals surface area contributed by atoms with Gasteiger partial charge in [-0.1, -0.05) is 11.3 Å². The molecule has 0 radical (unpaired) electrons. The number of rotatable bonds is 4. The Morgan fingerprint density at radius 1 is 1.23 bits per heavy atom. The topological polar surface area (TPSA) is 108 Å². The Morgan fingerprint density at radius 2 is 2.12 bits per heavy atom. The van der Waals surface area contributed by atoms with Gasteiger partial charge in [0.15, 0.2) is 10.9 Å². The van der Waals surface area contributed by atoms with Crippen LogP contribution in [0.2, 0.25) is 0 Å². The maximum atomic E-state index is 12.6. The first kappa shape index (κ1) is 16.6. The molecule has 0 fully saturated rings. The van der Waals surface area contributed by atoms with Crippen LogP contribution in [-0.2, 0) is 0 Å². The van der Waals surface area contributed by atoms with Crippen LogP contribution in [0.4, 0.5) is 16.6 Å². The number of aryl methyl sites for hydroxylation is 1. The number of fused-ring (bicyclic) bond motifs is 1. The van der Waals surface area contributed by atoms with Crippen molar-refractivity contribution in [2.75, 3.05) is 10.6 Å². The fraction of sp³-hybridized carbons (Fsp3) is 0.0625. The summed E-state index contributed by atoms with van der Waals surface area (Å²) in [5.41, 5.74) is 2.30. The van der Waals surface area contributed by atoms with Gasteiger partial charge in [0.25, 0.3) is 5.91 Å². The summed E-state index contributed by atoms with van der Waals surface area (Å²) >= 11 is 4.70. The highest BCUT2D eigenvalue weighted by molar-refractivity contribution is 9.10. The Balaban J connectivity index is 1.55. The largest absolute Gasteiger partial charge is 0.320 e. The first-order valence-electron chi connectivity index (χ1n) is 7.54. The number of hydrogen-bond acceptors (Lipinski definition) is 7. The molecule has 3 heterocycles. The third-order valence-electron chi connectivity index (χ3n) is 3.53. The third-order valence-corrected chi connectivity index (χ3v) is 5.10. The van der Waals surface area contributed by atoms with Crippen LogP contribution in [0.25, 0.3) is 10.9 Å². The van der Waals surface area contributed by atoms with Crippen molar-refractivity contribution < 1.29 is 4.79 Å². The highest BCUT2D eigenvalue weighted by Crippen LogP contribution is 2.31. The summed E-state index contributed by atoms with van der Waals surface area (Å²) in [5, 5.41) is 14.2. The number of aromatic amines is 1. The lowest BCUT2D eigenvalue weighted by Gasteiger charge is -2.07. The van der Waals surface area contributed by atoms with Crippen molar-refractivity contribution in [1.82, 2.24) is 25.1 Å². The molecule has 4 rings (SSSR count). The lowest BCUT2D eigenvalue weighted by molar-refractivity contribution is 0.103. The Morgan fingerprint density at radius 3 is 2.96 bits per heavy atom. The zero-order chi connectivity index (χ0) is 18.1. The number of H-pyrrole nitrogens is 1. The van der Waals surface area contributed by atoms with Gasteiger partial charge in [0, 0.05) is 16.1 Å². The average Bonchev–Trinajstić information content (AvgIpc) is 3.27. The molecule has 4 aromatic rings. The van der Waals surface area contributed by atoms with Gasteiger partial charge in [-0.05, 0) is 35.0 Å². The molecule has 0 aliphatic rings. The minimum absolute atomic E-state index is 0.250. The number of carbonyl (C=O) groups excluding carboxylic acids is 1. The zero-order valence-electron chi connectivity index (χ0n) is 13.4. The second-order valence-electron chi connectivity index (χ2n) is 5.41. The summed E-state index contributed by atoms with van der Waals surface area (Å²) in [7, 11) is 0. The Kier molecular flexibility index (Phi) is 4.35. The summed E-state index contributed by atoms with van der Waals surface area (Å²) in [5.74, 6) is 0.331. The van der Waals surface area contributed by atoms with Crippen LogP contribution in [0.1, 0.15) is 15.4 Å². The molecule has 0 bridgehead atoms. The fourth-order valence-corrected chi connectivity index (χ4v) is 3.53. The van der Waals surface area contributed by atoms with Crippen LogP contribution in [0.5, 0.6) is 0 Å². The van der Waals surface area contributed by atoms with Gasteiger partial charge in [0.05, 0.1) is 35.5 Å². The van der Waals surface area contributed by atoms with Gasteiger partial charge in [-0.25, -0.2) is 9.97 Å². The summed E-state index contributed by atoms with van der Waals surface area (Å²) in [6, 6.07) is 3.74. The van der Waals surface area contributed by atoms with Gasteiger partial charge in [0.1, 0.15) is 4.88 Å².